The van der Waals surface area contributed by atoms with Gasteiger partial charge in [-0.3, -0.25) is 10.1 Å². The Morgan fingerprint density at radius 3 is 2.37 bits per heavy atom. The Morgan fingerprint density at radius 1 is 1.05 bits per heavy atom. The van der Waals surface area contributed by atoms with Crippen LogP contribution >= 0.6 is 0 Å². The van der Waals surface area contributed by atoms with Gasteiger partial charge in [0.2, 0.25) is 0 Å². The third-order valence-corrected chi connectivity index (χ3v) is 6.45. The molecule has 2 heterocycles. The number of carbonyl (C=O) groups is 2. The molecule has 0 aliphatic carbocycles. The number of aryl methyl sites for hydroxylation is 2. The molecule has 0 fully saturated rings. The van der Waals surface area contributed by atoms with E-state index >= 15 is 0 Å². The number of ether oxygens (including phenoxy) is 2. The molecule has 204 valence electrons. The molecule has 1 atom stereocenters. The van der Waals surface area contributed by atoms with E-state index in [-0.39, 0.29) is 30.0 Å². The minimum absolute atomic E-state index is 0.136. The number of nitro benzene ring substituents is 1. The lowest BCUT2D eigenvalue weighted by Gasteiger charge is -2.32. The molecular formula is C28H36N4O6. The Kier molecular flexibility index (Phi) is 9.46. The molecule has 0 spiro atoms. The highest BCUT2D eigenvalue weighted by Crippen LogP contribution is 2.41. The van der Waals surface area contributed by atoms with Crippen molar-refractivity contribution in [2.75, 3.05) is 33.9 Å². The first-order valence-corrected chi connectivity index (χ1v) is 12.6. The first-order valence-electron chi connectivity index (χ1n) is 12.6. The van der Waals surface area contributed by atoms with Crippen molar-refractivity contribution < 1.29 is 24.0 Å². The third kappa shape index (κ3) is 6.69. The van der Waals surface area contributed by atoms with Gasteiger partial charge in [0.1, 0.15) is 0 Å². The van der Waals surface area contributed by atoms with E-state index in [1.54, 1.807) is 26.0 Å². The minimum atomic E-state index is -0.892. The summed E-state index contributed by atoms with van der Waals surface area (Å²) in [6.07, 6.45) is 1.01. The first-order chi connectivity index (χ1) is 18.0. The van der Waals surface area contributed by atoms with Crippen LogP contribution in [0.1, 0.15) is 48.7 Å². The summed E-state index contributed by atoms with van der Waals surface area (Å²) in [5.74, 6) is -2.07. The van der Waals surface area contributed by atoms with E-state index in [1.165, 1.54) is 12.1 Å². The Balaban J connectivity index is 2.04. The van der Waals surface area contributed by atoms with Crippen molar-refractivity contribution in [3.63, 3.8) is 0 Å². The Labute approximate surface area is 222 Å². The van der Waals surface area contributed by atoms with Crippen molar-refractivity contribution in [2.24, 2.45) is 0 Å². The van der Waals surface area contributed by atoms with E-state index in [0.29, 0.717) is 36.3 Å². The molecule has 2 aromatic rings. The fourth-order valence-electron chi connectivity index (χ4n) is 4.67. The summed E-state index contributed by atoms with van der Waals surface area (Å²) in [5, 5.41) is 14.8. The van der Waals surface area contributed by atoms with Crippen molar-refractivity contribution in [1.29, 1.82) is 0 Å². The summed E-state index contributed by atoms with van der Waals surface area (Å²) in [6, 6.07) is 8.01. The fraction of sp³-hybridized carbons (Fsp3) is 0.429. The number of non-ortho nitro benzene ring substituents is 1. The summed E-state index contributed by atoms with van der Waals surface area (Å²) in [7, 11) is 3.84. The molecule has 3 rings (SSSR count). The molecule has 1 unspecified atom stereocenters. The Hall–Kier alpha value is -3.92. The molecule has 2 N–H and O–H groups in total. The van der Waals surface area contributed by atoms with Gasteiger partial charge in [0.25, 0.3) is 5.69 Å². The van der Waals surface area contributed by atoms with Gasteiger partial charge < -0.3 is 24.7 Å². The molecule has 38 heavy (non-hydrogen) atoms. The number of dihydropyridines is 1. The number of esters is 2. The van der Waals surface area contributed by atoms with Crippen LogP contribution in [0.4, 0.5) is 5.69 Å². The average Bonchev–Trinajstić information content (AvgIpc) is 3.18. The Morgan fingerprint density at radius 2 is 1.76 bits per heavy atom. The number of carbonyl (C=O) groups excluding carboxylic acids is 2. The molecular weight excluding hydrogens is 488 g/mol. The molecule has 0 saturated heterocycles. The lowest BCUT2D eigenvalue weighted by Crippen LogP contribution is -2.34. The zero-order valence-electron chi connectivity index (χ0n) is 22.8. The molecule has 1 aromatic carbocycles. The van der Waals surface area contributed by atoms with E-state index in [9.17, 15) is 19.7 Å². The number of rotatable bonds is 11. The molecule has 1 aromatic heterocycles. The second kappa shape index (κ2) is 12.6. The maximum absolute atomic E-state index is 13.5. The lowest BCUT2D eigenvalue weighted by molar-refractivity contribution is -0.384. The van der Waals surface area contributed by atoms with Crippen molar-refractivity contribution in [2.45, 2.75) is 46.5 Å². The number of nitrogens with zero attached hydrogens (tertiary/aromatic N) is 2. The fourth-order valence-corrected chi connectivity index (χ4v) is 4.67. The highest BCUT2D eigenvalue weighted by molar-refractivity contribution is 6.00. The van der Waals surface area contributed by atoms with E-state index in [2.05, 4.69) is 10.3 Å². The van der Waals surface area contributed by atoms with Gasteiger partial charge in [-0.15, -0.1) is 0 Å². The normalized spacial score (nSPS) is 15.5. The average molecular weight is 525 g/mol. The highest BCUT2D eigenvalue weighted by atomic mass is 16.6. The van der Waals surface area contributed by atoms with Crippen LogP contribution in [0.5, 0.6) is 0 Å². The quantitative estimate of drug-likeness (QED) is 0.256. The van der Waals surface area contributed by atoms with E-state index in [1.807, 2.05) is 38.9 Å². The van der Waals surface area contributed by atoms with Crippen LogP contribution in [-0.2, 0) is 25.5 Å². The number of hydrogen-bond donors (Lipinski definition) is 2. The predicted octanol–water partition coefficient (Wildman–Crippen LogP) is 4.06. The molecule has 1 aliphatic rings. The van der Waals surface area contributed by atoms with Gasteiger partial charge >= 0.3 is 11.9 Å². The van der Waals surface area contributed by atoms with Crippen LogP contribution < -0.4 is 5.32 Å². The summed E-state index contributed by atoms with van der Waals surface area (Å²) in [5.41, 5.74) is 5.02. The molecule has 0 radical (unpaired) electrons. The van der Waals surface area contributed by atoms with Crippen molar-refractivity contribution in [3.05, 3.63) is 85.5 Å². The molecule has 10 heteroatoms. The smallest absolute Gasteiger partial charge is 0.336 e. The van der Waals surface area contributed by atoms with Crippen LogP contribution in [0.15, 0.2) is 52.9 Å². The van der Waals surface area contributed by atoms with Gasteiger partial charge in [0.05, 0.1) is 35.2 Å². The summed E-state index contributed by atoms with van der Waals surface area (Å²) in [6.45, 7) is 8.30. The number of H-pyrrole nitrogens is 1. The lowest BCUT2D eigenvalue weighted by atomic mass is 9.79. The van der Waals surface area contributed by atoms with Gasteiger partial charge in [-0.2, -0.15) is 0 Å². The summed E-state index contributed by atoms with van der Waals surface area (Å²) >= 11 is 0. The van der Waals surface area contributed by atoms with E-state index in [0.717, 1.165) is 17.0 Å². The second-order valence-corrected chi connectivity index (χ2v) is 9.60. The topological polar surface area (TPSA) is 127 Å². The highest BCUT2D eigenvalue weighted by Gasteiger charge is 2.39. The second-order valence-electron chi connectivity index (χ2n) is 9.60. The van der Waals surface area contributed by atoms with Crippen LogP contribution in [0, 0.1) is 24.0 Å². The zero-order valence-corrected chi connectivity index (χ0v) is 22.8. The SMILES string of the molecule is CCOC(=O)C1=C(CCN(C)C)NC(C)=C(C(=O)OCCc2cc(C)[nH]c2C)C1c1cccc([N+](=O)[O-])c1. The number of allylic oxidation sites excluding steroid dienone is 1. The monoisotopic (exact) mass is 524 g/mol. The number of hydrogen-bond acceptors (Lipinski definition) is 8. The third-order valence-electron chi connectivity index (χ3n) is 6.45. The maximum Gasteiger partial charge on any atom is 0.336 e. The minimum Gasteiger partial charge on any atom is -0.463 e. The number of nitro groups is 1. The first kappa shape index (κ1) is 28.6. The van der Waals surface area contributed by atoms with Gasteiger partial charge in [0, 0.05) is 54.3 Å². The summed E-state index contributed by atoms with van der Waals surface area (Å²) in [4.78, 5) is 43.1. The van der Waals surface area contributed by atoms with Crippen LogP contribution in [0.25, 0.3) is 0 Å². The zero-order chi connectivity index (χ0) is 28.0. The molecule has 0 saturated carbocycles. The van der Waals surface area contributed by atoms with Crippen molar-refractivity contribution in [1.82, 2.24) is 15.2 Å². The molecule has 0 amide bonds. The number of aromatic nitrogens is 1. The Bertz CT molecular complexity index is 1270. The summed E-state index contributed by atoms with van der Waals surface area (Å²) < 4.78 is 11.1. The van der Waals surface area contributed by atoms with Crippen LogP contribution in [-0.4, -0.2) is 60.6 Å². The van der Waals surface area contributed by atoms with E-state index in [4.69, 9.17) is 9.47 Å². The number of nitrogens with one attached hydrogen (secondary N) is 2. The van der Waals surface area contributed by atoms with Gasteiger partial charge in [-0.1, -0.05) is 12.1 Å². The van der Waals surface area contributed by atoms with Gasteiger partial charge in [0.15, 0.2) is 0 Å². The van der Waals surface area contributed by atoms with Crippen molar-refractivity contribution in [3.8, 4) is 0 Å². The van der Waals surface area contributed by atoms with Crippen LogP contribution in [0.3, 0.4) is 0 Å². The van der Waals surface area contributed by atoms with Gasteiger partial charge in [-0.25, -0.2) is 9.59 Å². The predicted molar refractivity (Wildman–Crippen MR) is 143 cm³/mol. The number of aromatic amines is 1. The van der Waals surface area contributed by atoms with Crippen molar-refractivity contribution >= 4 is 17.6 Å². The van der Waals surface area contributed by atoms with Crippen LogP contribution in [0.2, 0.25) is 0 Å². The maximum atomic E-state index is 13.5. The van der Waals surface area contributed by atoms with Gasteiger partial charge in [-0.05, 0) is 59.0 Å². The van der Waals surface area contributed by atoms with E-state index < -0.39 is 22.8 Å². The molecule has 10 nitrogen and oxygen atoms in total. The standard InChI is InChI=1S/C28H36N4O6/c1-7-37-28(34)26-23(11-13-31(5)6)30-19(4)24(25(26)21-9-8-10-22(16-21)32(35)36)27(33)38-14-12-20-15-17(2)29-18(20)3/h8-10,15-16,25,29-30H,7,11-14H2,1-6H3. The number of benzene rings is 1. The largest absolute Gasteiger partial charge is 0.463 e. The molecule has 1 aliphatic heterocycles. The molecule has 0 bridgehead atoms.